The Bertz CT molecular complexity index is 586. The zero-order valence-corrected chi connectivity index (χ0v) is 12.8. The van der Waals surface area contributed by atoms with Gasteiger partial charge in [-0.1, -0.05) is 60.2 Å². The van der Waals surface area contributed by atoms with Crippen LogP contribution in [0.3, 0.4) is 0 Å². The molecule has 2 rings (SSSR count). The van der Waals surface area contributed by atoms with Gasteiger partial charge in [-0.2, -0.15) is 0 Å². The molecule has 0 spiro atoms. The summed E-state index contributed by atoms with van der Waals surface area (Å²) in [6.07, 6.45) is 0. The average molecular weight is 311 g/mol. The molecule has 1 atom stereocenters. The van der Waals surface area contributed by atoms with E-state index in [-0.39, 0.29) is 5.15 Å². The maximum absolute atomic E-state index is 11.4. The Morgan fingerprint density at radius 2 is 2.15 bits per heavy atom. The van der Waals surface area contributed by atoms with E-state index >= 15 is 0 Å². The van der Waals surface area contributed by atoms with Crippen LogP contribution >= 0.6 is 22.9 Å². The fourth-order valence-electron chi connectivity index (χ4n) is 1.74. The van der Waals surface area contributed by atoms with Crippen LogP contribution in [0, 0.1) is 0 Å². The Hall–Kier alpha value is -1.59. The van der Waals surface area contributed by atoms with Crippen molar-refractivity contribution in [1.82, 2.24) is 4.98 Å². The standard InChI is InChI=1S/C14H15ClN2O2S/c1-9(10-6-4-3-5-7-10)8-16-14-17-12(15)11(20-14)13(18)19-2/h3-7,9H,8H2,1-2H3,(H,16,17). The Morgan fingerprint density at radius 3 is 2.80 bits per heavy atom. The Labute approximate surface area is 126 Å². The van der Waals surface area contributed by atoms with Gasteiger partial charge in [0.25, 0.3) is 0 Å². The van der Waals surface area contributed by atoms with Gasteiger partial charge in [0, 0.05) is 6.54 Å². The number of anilines is 1. The van der Waals surface area contributed by atoms with Crippen molar-refractivity contribution >= 4 is 34.0 Å². The molecule has 0 amide bonds. The van der Waals surface area contributed by atoms with Crippen LogP contribution < -0.4 is 5.32 Å². The third-order valence-corrected chi connectivity index (χ3v) is 4.26. The van der Waals surface area contributed by atoms with E-state index in [1.165, 1.54) is 24.0 Å². The normalized spacial score (nSPS) is 11.9. The van der Waals surface area contributed by atoms with Crippen LogP contribution in [0.15, 0.2) is 30.3 Å². The van der Waals surface area contributed by atoms with Gasteiger partial charge in [0.05, 0.1) is 7.11 Å². The number of benzene rings is 1. The topological polar surface area (TPSA) is 51.2 Å². The fourth-order valence-corrected chi connectivity index (χ4v) is 2.85. The smallest absolute Gasteiger partial charge is 0.351 e. The van der Waals surface area contributed by atoms with Crippen molar-refractivity contribution < 1.29 is 9.53 Å². The highest BCUT2D eigenvalue weighted by molar-refractivity contribution is 7.18. The number of carbonyl (C=O) groups is 1. The van der Waals surface area contributed by atoms with Crippen molar-refractivity contribution in [2.75, 3.05) is 19.0 Å². The number of hydrogen-bond donors (Lipinski definition) is 1. The molecule has 1 heterocycles. The maximum atomic E-state index is 11.4. The highest BCUT2D eigenvalue weighted by atomic mass is 35.5. The van der Waals surface area contributed by atoms with Gasteiger partial charge in [-0.15, -0.1) is 0 Å². The molecular formula is C14H15ClN2O2S. The molecule has 20 heavy (non-hydrogen) atoms. The number of ether oxygens (including phenoxy) is 1. The summed E-state index contributed by atoms with van der Waals surface area (Å²) < 4.78 is 4.64. The fraction of sp³-hybridized carbons (Fsp3) is 0.286. The Balaban J connectivity index is 1.99. The summed E-state index contributed by atoms with van der Waals surface area (Å²) in [7, 11) is 1.32. The zero-order chi connectivity index (χ0) is 14.5. The van der Waals surface area contributed by atoms with Crippen molar-refractivity contribution in [3.8, 4) is 0 Å². The van der Waals surface area contributed by atoms with Gasteiger partial charge in [-0.25, -0.2) is 9.78 Å². The van der Waals surface area contributed by atoms with Gasteiger partial charge in [0.15, 0.2) is 15.2 Å². The molecule has 6 heteroatoms. The summed E-state index contributed by atoms with van der Waals surface area (Å²) in [5.41, 5.74) is 1.25. The maximum Gasteiger partial charge on any atom is 0.351 e. The average Bonchev–Trinajstić information content (AvgIpc) is 2.86. The lowest BCUT2D eigenvalue weighted by molar-refractivity contribution is 0.0606. The lowest BCUT2D eigenvalue weighted by atomic mass is 10.0. The van der Waals surface area contributed by atoms with Crippen molar-refractivity contribution in [2.45, 2.75) is 12.8 Å². The van der Waals surface area contributed by atoms with Crippen LogP contribution in [0.1, 0.15) is 28.1 Å². The summed E-state index contributed by atoms with van der Waals surface area (Å²) in [5.74, 6) is -0.128. The number of nitrogens with one attached hydrogen (secondary N) is 1. The van der Waals surface area contributed by atoms with Crippen molar-refractivity contribution in [1.29, 1.82) is 0 Å². The molecule has 0 aliphatic carbocycles. The van der Waals surface area contributed by atoms with Crippen LogP contribution in [0.2, 0.25) is 5.15 Å². The summed E-state index contributed by atoms with van der Waals surface area (Å²) in [5, 5.41) is 4.00. The van der Waals surface area contributed by atoms with Gasteiger partial charge in [-0.3, -0.25) is 0 Å². The van der Waals surface area contributed by atoms with Gasteiger partial charge < -0.3 is 10.1 Å². The van der Waals surface area contributed by atoms with Gasteiger partial charge >= 0.3 is 5.97 Å². The molecule has 0 saturated carbocycles. The zero-order valence-electron chi connectivity index (χ0n) is 11.2. The van der Waals surface area contributed by atoms with E-state index in [4.69, 9.17) is 11.6 Å². The van der Waals surface area contributed by atoms with Crippen LogP contribution in [0.4, 0.5) is 5.13 Å². The highest BCUT2D eigenvalue weighted by Crippen LogP contribution is 2.28. The third kappa shape index (κ3) is 3.49. The van der Waals surface area contributed by atoms with E-state index in [0.29, 0.717) is 22.5 Å². The number of halogens is 1. The molecule has 1 unspecified atom stereocenters. The quantitative estimate of drug-likeness (QED) is 0.853. The first-order chi connectivity index (χ1) is 9.61. The first-order valence-corrected chi connectivity index (χ1v) is 7.34. The molecule has 0 saturated heterocycles. The van der Waals surface area contributed by atoms with Crippen LogP contribution in [0.25, 0.3) is 0 Å². The summed E-state index contributed by atoms with van der Waals surface area (Å²) in [6.45, 7) is 2.84. The number of rotatable bonds is 5. The van der Waals surface area contributed by atoms with Crippen molar-refractivity contribution in [2.24, 2.45) is 0 Å². The van der Waals surface area contributed by atoms with Crippen LogP contribution in [-0.2, 0) is 4.74 Å². The first kappa shape index (κ1) is 14.8. The molecule has 4 nitrogen and oxygen atoms in total. The van der Waals surface area contributed by atoms with Gasteiger partial charge in [0.1, 0.15) is 0 Å². The summed E-state index contributed by atoms with van der Waals surface area (Å²) in [4.78, 5) is 15.9. The molecule has 1 aromatic carbocycles. The SMILES string of the molecule is COC(=O)c1sc(NCC(C)c2ccccc2)nc1Cl. The number of esters is 1. The Kier molecular flexibility index (Phi) is 4.98. The molecule has 1 N–H and O–H groups in total. The molecule has 0 aliphatic rings. The number of hydrogen-bond acceptors (Lipinski definition) is 5. The lowest BCUT2D eigenvalue weighted by Gasteiger charge is -2.11. The highest BCUT2D eigenvalue weighted by Gasteiger charge is 2.17. The first-order valence-electron chi connectivity index (χ1n) is 6.15. The second-order valence-corrected chi connectivity index (χ2v) is 5.68. The molecular weight excluding hydrogens is 296 g/mol. The largest absolute Gasteiger partial charge is 0.465 e. The number of thiazole rings is 1. The number of nitrogens with zero attached hydrogens (tertiary/aromatic N) is 1. The van der Waals surface area contributed by atoms with Crippen molar-refractivity contribution in [3.05, 3.63) is 45.9 Å². The molecule has 0 radical (unpaired) electrons. The predicted molar refractivity (Wildman–Crippen MR) is 81.8 cm³/mol. The molecule has 106 valence electrons. The minimum atomic E-state index is -0.461. The predicted octanol–water partition coefficient (Wildman–Crippen LogP) is 3.80. The van der Waals surface area contributed by atoms with Crippen LogP contribution in [0.5, 0.6) is 0 Å². The molecule has 0 bridgehead atoms. The van der Waals surface area contributed by atoms with E-state index in [2.05, 4.69) is 34.1 Å². The molecule has 2 aromatic rings. The lowest BCUT2D eigenvalue weighted by Crippen LogP contribution is -2.09. The number of methoxy groups -OCH3 is 1. The molecule has 0 fully saturated rings. The molecule has 1 aromatic heterocycles. The summed E-state index contributed by atoms with van der Waals surface area (Å²) >= 11 is 7.11. The van der Waals surface area contributed by atoms with E-state index in [0.717, 1.165) is 0 Å². The van der Waals surface area contributed by atoms with Crippen molar-refractivity contribution in [3.63, 3.8) is 0 Å². The minimum Gasteiger partial charge on any atom is -0.465 e. The monoisotopic (exact) mass is 310 g/mol. The number of carbonyl (C=O) groups excluding carboxylic acids is 1. The van der Waals surface area contributed by atoms with Gasteiger partial charge in [0.2, 0.25) is 0 Å². The van der Waals surface area contributed by atoms with Crippen LogP contribution in [-0.4, -0.2) is 24.6 Å². The molecule has 0 aliphatic heterocycles. The minimum absolute atomic E-state index is 0.178. The van der Waals surface area contributed by atoms with Gasteiger partial charge in [-0.05, 0) is 11.5 Å². The number of aromatic nitrogens is 1. The second-order valence-electron chi connectivity index (χ2n) is 4.32. The van der Waals surface area contributed by atoms with E-state index in [9.17, 15) is 4.79 Å². The van der Waals surface area contributed by atoms with E-state index < -0.39 is 5.97 Å². The second kappa shape index (κ2) is 6.72. The third-order valence-electron chi connectivity index (χ3n) is 2.88. The summed E-state index contributed by atoms with van der Waals surface area (Å²) in [6, 6.07) is 10.2. The van der Waals surface area contributed by atoms with E-state index in [1.807, 2.05) is 18.2 Å². The Morgan fingerprint density at radius 1 is 1.45 bits per heavy atom. The van der Waals surface area contributed by atoms with E-state index in [1.54, 1.807) is 0 Å².